The Morgan fingerprint density at radius 2 is 1.83 bits per heavy atom. The van der Waals surface area contributed by atoms with Gasteiger partial charge in [-0.2, -0.15) is 19.6 Å². The third kappa shape index (κ3) is 4.53. The van der Waals surface area contributed by atoms with Crippen LogP contribution in [-0.2, 0) is 0 Å². The first-order valence-electron chi connectivity index (χ1n) is 9.47. The maximum absolute atomic E-state index is 15.1. The van der Waals surface area contributed by atoms with Crippen LogP contribution in [-0.4, -0.2) is 51.2 Å². The Hall–Kier alpha value is -2.76. The maximum atomic E-state index is 15.1. The zero-order valence-electron chi connectivity index (χ0n) is 17.5. The van der Waals surface area contributed by atoms with Crippen LogP contribution in [0.3, 0.4) is 0 Å². The zero-order valence-corrected chi connectivity index (χ0v) is 18.2. The van der Waals surface area contributed by atoms with Crippen LogP contribution in [0.5, 0.6) is 0 Å². The van der Waals surface area contributed by atoms with E-state index in [4.69, 9.17) is 11.6 Å². The molecule has 0 aliphatic rings. The fourth-order valence-corrected chi connectivity index (χ4v) is 3.00. The Bertz CT molecular complexity index is 1110. The van der Waals surface area contributed by atoms with E-state index in [2.05, 4.69) is 32.2 Å². The molecule has 0 bridgehead atoms. The minimum Gasteiger partial charge on any atom is -0.367 e. The summed E-state index contributed by atoms with van der Waals surface area (Å²) in [5, 5.41) is 7.33. The molecule has 0 aliphatic heterocycles. The van der Waals surface area contributed by atoms with E-state index in [9.17, 15) is 0 Å². The second-order valence-corrected chi connectivity index (χ2v) is 7.99. The molecule has 0 saturated heterocycles. The van der Waals surface area contributed by atoms with Crippen LogP contribution in [0.4, 0.5) is 14.6 Å². The third-order valence-electron chi connectivity index (χ3n) is 4.67. The quantitative estimate of drug-likeness (QED) is 0.486. The van der Waals surface area contributed by atoms with Gasteiger partial charge in [0.25, 0.3) is 5.78 Å². The summed E-state index contributed by atoms with van der Waals surface area (Å²) in [5.74, 6) is 4.87. The molecule has 1 N–H and O–H groups in total. The molecule has 1 aromatic carbocycles. The number of aromatic nitrogens is 4. The summed E-state index contributed by atoms with van der Waals surface area (Å²) >= 11 is 6.37. The van der Waals surface area contributed by atoms with Crippen molar-refractivity contribution in [1.82, 2.24) is 24.5 Å². The molecule has 3 rings (SSSR count). The first kappa shape index (κ1) is 21.9. The average molecular weight is 433 g/mol. The summed E-state index contributed by atoms with van der Waals surface area (Å²) in [7, 11) is 3.72. The fourth-order valence-electron chi connectivity index (χ4n) is 2.74. The molecule has 158 valence electrons. The Morgan fingerprint density at radius 1 is 1.17 bits per heavy atom. The van der Waals surface area contributed by atoms with E-state index in [0.717, 1.165) is 0 Å². The molecule has 2 heterocycles. The van der Waals surface area contributed by atoms with Gasteiger partial charge in [0.1, 0.15) is 28.9 Å². The second-order valence-electron chi connectivity index (χ2n) is 7.63. The van der Waals surface area contributed by atoms with Gasteiger partial charge in [-0.1, -0.05) is 37.3 Å². The molecule has 0 aliphatic carbocycles. The number of anilines is 1. The molecule has 3 aromatic rings. The standard InChI is InChI=1S/C21H23ClF2N6/c1-12(2)13(3)27-20-18(19(22)28-21-25-11-26-30(20)21)17-15(23)9-14(10-16(17)24)7-6-8-29(4)5/h9-13,27H,8H2,1-5H3/t13-/m1/s1. The normalized spacial score (nSPS) is 12.3. The van der Waals surface area contributed by atoms with Gasteiger partial charge in [-0.25, -0.2) is 8.78 Å². The van der Waals surface area contributed by atoms with Crippen molar-refractivity contribution in [2.75, 3.05) is 26.0 Å². The van der Waals surface area contributed by atoms with Crippen molar-refractivity contribution in [2.24, 2.45) is 5.92 Å². The highest BCUT2D eigenvalue weighted by Crippen LogP contribution is 2.38. The topological polar surface area (TPSA) is 58.3 Å². The molecule has 0 unspecified atom stereocenters. The third-order valence-corrected chi connectivity index (χ3v) is 4.94. The first-order valence-corrected chi connectivity index (χ1v) is 9.85. The lowest BCUT2D eigenvalue weighted by molar-refractivity contribution is 0.464. The molecular weight excluding hydrogens is 410 g/mol. The second kappa shape index (κ2) is 8.94. The van der Waals surface area contributed by atoms with Crippen molar-refractivity contribution in [1.29, 1.82) is 0 Å². The van der Waals surface area contributed by atoms with Crippen LogP contribution in [0.2, 0.25) is 5.15 Å². The first-order chi connectivity index (χ1) is 14.2. The number of fused-ring (bicyclic) bond motifs is 1. The van der Waals surface area contributed by atoms with Crippen molar-refractivity contribution < 1.29 is 8.78 Å². The van der Waals surface area contributed by atoms with Gasteiger partial charge in [0.15, 0.2) is 0 Å². The highest BCUT2D eigenvalue weighted by molar-refractivity contribution is 6.33. The summed E-state index contributed by atoms with van der Waals surface area (Å²) in [6.07, 6.45) is 1.31. The summed E-state index contributed by atoms with van der Waals surface area (Å²) in [6, 6.07) is 2.36. The van der Waals surface area contributed by atoms with Gasteiger partial charge < -0.3 is 5.32 Å². The number of hydrogen-bond acceptors (Lipinski definition) is 5. The van der Waals surface area contributed by atoms with E-state index in [-0.39, 0.29) is 39.6 Å². The van der Waals surface area contributed by atoms with E-state index in [1.165, 1.54) is 23.0 Å². The van der Waals surface area contributed by atoms with Gasteiger partial charge >= 0.3 is 0 Å². The molecule has 9 heteroatoms. The van der Waals surface area contributed by atoms with Crippen molar-refractivity contribution in [3.8, 4) is 23.0 Å². The largest absolute Gasteiger partial charge is 0.367 e. The minimum atomic E-state index is -0.785. The van der Waals surface area contributed by atoms with Gasteiger partial charge in [-0.05, 0) is 39.1 Å². The number of halogens is 3. The lowest BCUT2D eigenvalue weighted by atomic mass is 10.0. The van der Waals surface area contributed by atoms with Crippen molar-refractivity contribution in [3.05, 3.63) is 40.8 Å². The Labute approximate surface area is 179 Å². The predicted octanol–water partition coefficient (Wildman–Crippen LogP) is 4.09. The molecule has 2 aromatic heterocycles. The van der Waals surface area contributed by atoms with Crippen molar-refractivity contribution in [3.63, 3.8) is 0 Å². The van der Waals surface area contributed by atoms with E-state index in [1.807, 2.05) is 39.8 Å². The molecule has 0 amide bonds. The summed E-state index contributed by atoms with van der Waals surface area (Å²) in [4.78, 5) is 10.0. The van der Waals surface area contributed by atoms with Crippen LogP contribution < -0.4 is 5.32 Å². The highest BCUT2D eigenvalue weighted by atomic mass is 35.5. The lowest BCUT2D eigenvalue weighted by Crippen LogP contribution is -2.24. The Morgan fingerprint density at radius 3 is 2.43 bits per heavy atom. The van der Waals surface area contributed by atoms with Gasteiger partial charge in [0.05, 0.1) is 17.7 Å². The number of benzene rings is 1. The van der Waals surface area contributed by atoms with Crippen molar-refractivity contribution >= 4 is 23.2 Å². The Balaban J connectivity index is 2.18. The SMILES string of the molecule is CC(C)[C@@H](C)Nc1c(-c2c(F)cc(C#CCN(C)C)cc2F)c(Cl)nc2ncnn12. The minimum absolute atomic E-state index is 0.0306. The fraction of sp³-hybridized carbons (Fsp3) is 0.381. The lowest BCUT2D eigenvalue weighted by Gasteiger charge is -2.22. The zero-order chi connectivity index (χ0) is 22.0. The summed E-state index contributed by atoms with van der Waals surface area (Å²) in [6.45, 7) is 6.49. The van der Waals surface area contributed by atoms with Crippen molar-refractivity contribution in [2.45, 2.75) is 26.8 Å². The molecule has 6 nitrogen and oxygen atoms in total. The average Bonchev–Trinajstić information content (AvgIpc) is 3.10. The molecule has 30 heavy (non-hydrogen) atoms. The molecule has 1 atom stereocenters. The highest BCUT2D eigenvalue weighted by Gasteiger charge is 2.25. The molecule has 0 fully saturated rings. The maximum Gasteiger partial charge on any atom is 0.255 e. The summed E-state index contributed by atoms with van der Waals surface area (Å²) < 4.78 is 31.6. The number of nitrogens with zero attached hydrogens (tertiary/aromatic N) is 5. The van der Waals surface area contributed by atoms with Crippen LogP contribution in [0, 0.1) is 29.4 Å². The van der Waals surface area contributed by atoms with Gasteiger partial charge in [0, 0.05) is 11.6 Å². The monoisotopic (exact) mass is 432 g/mol. The molecular formula is C21H23ClF2N6. The molecule has 0 saturated carbocycles. The number of hydrogen-bond donors (Lipinski definition) is 1. The van der Waals surface area contributed by atoms with Crippen LogP contribution in [0.1, 0.15) is 26.3 Å². The molecule has 0 spiro atoms. The van der Waals surface area contributed by atoms with Crippen LogP contribution in [0.15, 0.2) is 18.5 Å². The van der Waals surface area contributed by atoms with E-state index in [0.29, 0.717) is 12.4 Å². The number of rotatable bonds is 5. The predicted molar refractivity (Wildman–Crippen MR) is 114 cm³/mol. The van der Waals surface area contributed by atoms with Gasteiger partial charge in [0.2, 0.25) is 0 Å². The Kier molecular flexibility index (Phi) is 6.54. The van der Waals surface area contributed by atoms with Crippen LogP contribution >= 0.6 is 11.6 Å². The summed E-state index contributed by atoms with van der Waals surface area (Å²) in [5.41, 5.74) is 0.0399. The molecule has 0 radical (unpaired) electrons. The van der Waals surface area contributed by atoms with E-state index >= 15 is 8.78 Å². The van der Waals surface area contributed by atoms with E-state index in [1.54, 1.807) is 0 Å². The van der Waals surface area contributed by atoms with Gasteiger partial charge in [-0.15, -0.1) is 0 Å². The smallest absolute Gasteiger partial charge is 0.255 e. The van der Waals surface area contributed by atoms with Crippen LogP contribution in [0.25, 0.3) is 16.9 Å². The van der Waals surface area contributed by atoms with Gasteiger partial charge in [-0.3, -0.25) is 4.90 Å². The van der Waals surface area contributed by atoms with E-state index < -0.39 is 11.6 Å². The number of nitrogens with one attached hydrogen (secondary N) is 1.